The van der Waals surface area contributed by atoms with Gasteiger partial charge in [0.15, 0.2) is 0 Å². The first-order valence-electron chi connectivity index (χ1n) is 12.4. The molecule has 3 heterocycles. The molecule has 36 heavy (non-hydrogen) atoms. The highest BCUT2D eigenvalue weighted by atomic mass is 32.2. The third-order valence-corrected chi connectivity index (χ3v) is 8.94. The molecule has 1 aliphatic heterocycles. The number of likely N-dealkylation sites (tertiary alicyclic amines) is 1. The van der Waals surface area contributed by atoms with Crippen LogP contribution in [0.15, 0.2) is 96.2 Å². The second-order valence-electron chi connectivity index (χ2n) is 9.70. The zero-order chi connectivity index (χ0) is 24.7. The van der Waals surface area contributed by atoms with Gasteiger partial charge < -0.3 is 9.55 Å². The standard InChI is InChI=1S/C29H30N4O2S/c1-32-20-26(25-9-5-6-10-28(25)32)29(33-16-14-23(19-33)21-7-3-2-4-8-21)18-31-36(34,35)24-12-11-22-13-15-30-27(22)17-24/h2-13,15,17,20,23,29-31H,14,16,18-19H2,1H3. The minimum Gasteiger partial charge on any atom is -0.361 e. The van der Waals surface area contributed by atoms with E-state index >= 15 is 0 Å². The molecule has 1 aliphatic rings. The summed E-state index contributed by atoms with van der Waals surface area (Å²) in [5.74, 6) is 0.440. The molecule has 0 radical (unpaired) electrons. The predicted molar refractivity (Wildman–Crippen MR) is 145 cm³/mol. The van der Waals surface area contributed by atoms with Gasteiger partial charge >= 0.3 is 0 Å². The highest BCUT2D eigenvalue weighted by molar-refractivity contribution is 7.89. The van der Waals surface area contributed by atoms with Gasteiger partial charge in [0.1, 0.15) is 0 Å². The lowest BCUT2D eigenvalue weighted by atomic mass is 9.98. The van der Waals surface area contributed by atoms with E-state index in [1.165, 1.54) is 10.9 Å². The van der Waals surface area contributed by atoms with Gasteiger partial charge in [0.05, 0.1) is 10.9 Å². The maximum Gasteiger partial charge on any atom is 0.240 e. The fraction of sp³-hybridized carbons (Fsp3) is 0.241. The van der Waals surface area contributed by atoms with Gasteiger partial charge in [0, 0.05) is 49.0 Å². The molecule has 0 saturated carbocycles. The van der Waals surface area contributed by atoms with Gasteiger partial charge in [-0.1, -0.05) is 54.6 Å². The molecule has 3 aromatic carbocycles. The van der Waals surface area contributed by atoms with Crippen LogP contribution in [0.4, 0.5) is 0 Å². The Labute approximate surface area is 211 Å². The van der Waals surface area contributed by atoms with Crippen LogP contribution < -0.4 is 4.72 Å². The van der Waals surface area contributed by atoms with Crippen molar-refractivity contribution in [3.8, 4) is 0 Å². The molecule has 6 rings (SSSR count). The molecule has 2 unspecified atom stereocenters. The van der Waals surface area contributed by atoms with E-state index in [9.17, 15) is 8.42 Å². The topological polar surface area (TPSA) is 70.1 Å². The Hall–Kier alpha value is -3.39. The van der Waals surface area contributed by atoms with Crippen LogP contribution in [-0.2, 0) is 17.1 Å². The first-order valence-corrected chi connectivity index (χ1v) is 13.9. The first-order chi connectivity index (χ1) is 17.5. The number of aryl methyl sites for hydroxylation is 1. The van der Waals surface area contributed by atoms with Gasteiger partial charge in [0.25, 0.3) is 0 Å². The highest BCUT2D eigenvalue weighted by Crippen LogP contribution is 2.36. The van der Waals surface area contributed by atoms with Crippen molar-refractivity contribution in [2.24, 2.45) is 7.05 Å². The summed E-state index contributed by atoms with van der Waals surface area (Å²) >= 11 is 0. The van der Waals surface area contributed by atoms with Crippen LogP contribution in [0.1, 0.15) is 29.5 Å². The predicted octanol–water partition coefficient (Wildman–Crippen LogP) is 5.17. The van der Waals surface area contributed by atoms with Crippen molar-refractivity contribution in [3.63, 3.8) is 0 Å². The minimum absolute atomic E-state index is 0.0752. The lowest BCUT2D eigenvalue weighted by Crippen LogP contribution is -2.37. The lowest BCUT2D eigenvalue weighted by Gasteiger charge is -2.28. The van der Waals surface area contributed by atoms with Crippen LogP contribution in [0.3, 0.4) is 0 Å². The third-order valence-electron chi connectivity index (χ3n) is 7.52. The zero-order valence-electron chi connectivity index (χ0n) is 20.3. The molecule has 1 saturated heterocycles. The van der Waals surface area contributed by atoms with Crippen LogP contribution in [0, 0.1) is 0 Å². The van der Waals surface area contributed by atoms with E-state index in [0.29, 0.717) is 12.5 Å². The number of nitrogens with zero attached hydrogens (tertiary/aromatic N) is 2. The summed E-state index contributed by atoms with van der Waals surface area (Å²) < 4.78 is 31.8. The molecule has 6 nitrogen and oxygen atoms in total. The van der Waals surface area contributed by atoms with E-state index in [1.807, 2.05) is 24.4 Å². The Kier molecular flexibility index (Phi) is 5.91. The first kappa shape index (κ1) is 23.0. The van der Waals surface area contributed by atoms with Crippen LogP contribution in [0.2, 0.25) is 0 Å². The Morgan fingerprint density at radius 1 is 1.03 bits per heavy atom. The number of rotatable bonds is 7. The number of para-hydroxylation sites is 1. The summed E-state index contributed by atoms with van der Waals surface area (Å²) in [6.07, 6.45) is 5.04. The van der Waals surface area contributed by atoms with Crippen molar-refractivity contribution >= 4 is 31.8 Å². The summed E-state index contributed by atoms with van der Waals surface area (Å²) in [7, 11) is -1.63. The maximum absolute atomic E-state index is 13.4. The average Bonchev–Trinajstić information content (AvgIpc) is 3.64. The van der Waals surface area contributed by atoms with E-state index in [-0.39, 0.29) is 10.9 Å². The van der Waals surface area contributed by atoms with Crippen molar-refractivity contribution in [2.45, 2.75) is 23.3 Å². The second kappa shape index (κ2) is 9.24. The molecule has 5 aromatic rings. The number of hydrogen-bond donors (Lipinski definition) is 2. The van der Waals surface area contributed by atoms with Crippen molar-refractivity contribution < 1.29 is 8.42 Å². The Bertz CT molecular complexity index is 1620. The summed E-state index contributed by atoms with van der Waals surface area (Å²) in [6.45, 7) is 2.12. The number of H-pyrrole nitrogens is 1. The molecule has 0 aliphatic carbocycles. The Morgan fingerprint density at radius 2 is 1.83 bits per heavy atom. The van der Waals surface area contributed by atoms with Gasteiger partial charge in [-0.25, -0.2) is 13.1 Å². The minimum atomic E-state index is -3.68. The van der Waals surface area contributed by atoms with Gasteiger partial charge in [-0.3, -0.25) is 4.90 Å². The molecule has 2 atom stereocenters. The third kappa shape index (κ3) is 4.23. The number of hydrogen-bond acceptors (Lipinski definition) is 3. The fourth-order valence-electron chi connectivity index (χ4n) is 5.61. The second-order valence-corrected chi connectivity index (χ2v) is 11.5. The number of aromatic nitrogens is 2. The molecule has 2 N–H and O–H groups in total. The van der Waals surface area contributed by atoms with Crippen molar-refractivity contribution in [2.75, 3.05) is 19.6 Å². The van der Waals surface area contributed by atoms with Crippen molar-refractivity contribution in [1.29, 1.82) is 0 Å². The van der Waals surface area contributed by atoms with Gasteiger partial charge in [-0.2, -0.15) is 0 Å². The number of sulfonamides is 1. The SMILES string of the molecule is Cn1cc(C(CNS(=O)(=O)c2ccc3cc[nH]c3c2)N2CCC(c3ccccc3)C2)c2ccccc21. The van der Waals surface area contributed by atoms with Crippen LogP contribution in [0.25, 0.3) is 21.8 Å². The highest BCUT2D eigenvalue weighted by Gasteiger charge is 2.32. The molecular weight excluding hydrogens is 468 g/mol. The maximum atomic E-state index is 13.4. The molecule has 184 valence electrons. The van der Waals surface area contributed by atoms with Crippen molar-refractivity contribution in [3.05, 3.63) is 102 Å². The quantitative estimate of drug-likeness (QED) is 0.325. The smallest absolute Gasteiger partial charge is 0.240 e. The van der Waals surface area contributed by atoms with Gasteiger partial charge in [-0.15, -0.1) is 0 Å². The van der Waals surface area contributed by atoms with Crippen LogP contribution in [-0.4, -0.2) is 42.5 Å². The lowest BCUT2D eigenvalue weighted by molar-refractivity contribution is 0.244. The summed E-state index contributed by atoms with van der Waals surface area (Å²) in [5.41, 5.74) is 4.46. The summed E-state index contributed by atoms with van der Waals surface area (Å²) in [4.78, 5) is 5.82. The molecular formula is C29H30N4O2S. The van der Waals surface area contributed by atoms with E-state index < -0.39 is 10.0 Å². The zero-order valence-corrected chi connectivity index (χ0v) is 21.1. The average molecular weight is 499 g/mol. The summed E-state index contributed by atoms with van der Waals surface area (Å²) in [5, 5.41) is 2.16. The molecule has 2 aromatic heterocycles. The number of fused-ring (bicyclic) bond motifs is 2. The van der Waals surface area contributed by atoms with Gasteiger partial charge in [-0.05, 0) is 59.7 Å². The Balaban J connectivity index is 1.32. The van der Waals surface area contributed by atoms with E-state index in [1.54, 1.807) is 12.1 Å². The Morgan fingerprint density at radius 3 is 2.69 bits per heavy atom. The fourth-order valence-corrected chi connectivity index (χ4v) is 6.67. The van der Waals surface area contributed by atoms with Crippen molar-refractivity contribution in [1.82, 2.24) is 19.2 Å². The van der Waals surface area contributed by atoms with E-state index in [2.05, 4.69) is 80.9 Å². The van der Waals surface area contributed by atoms with E-state index in [0.717, 1.165) is 41.5 Å². The number of benzene rings is 3. The van der Waals surface area contributed by atoms with E-state index in [4.69, 9.17) is 0 Å². The summed E-state index contributed by atoms with van der Waals surface area (Å²) in [6, 6.07) is 26.0. The number of nitrogens with one attached hydrogen (secondary N) is 2. The van der Waals surface area contributed by atoms with Crippen LogP contribution in [0.5, 0.6) is 0 Å². The number of aromatic amines is 1. The molecule has 0 bridgehead atoms. The normalized spacial score (nSPS) is 17.8. The molecule has 1 fully saturated rings. The van der Waals surface area contributed by atoms with Gasteiger partial charge in [0.2, 0.25) is 10.0 Å². The van der Waals surface area contributed by atoms with Crippen LogP contribution >= 0.6 is 0 Å². The molecule has 7 heteroatoms. The molecule has 0 amide bonds. The molecule has 0 spiro atoms. The monoisotopic (exact) mass is 498 g/mol. The largest absolute Gasteiger partial charge is 0.361 e.